The lowest BCUT2D eigenvalue weighted by molar-refractivity contribution is -0.142. The van der Waals surface area contributed by atoms with Crippen molar-refractivity contribution in [1.82, 2.24) is 0 Å². The van der Waals surface area contributed by atoms with Crippen molar-refractivity contribution >= 4 is 5.97 Å². The van der Waals surface area contributed by atoms with Crippen molar-refractivity contribution in [1.29, 1.82) is 0 Å². The predicted octanol–water partition coefficient (Wildman–Crippen LogP) is 2.24. The molecule has 0 N–H and O–H groups in total. The molecular weight excluding hydrogens is 152 g/mol. The molecule has 0 unspecified atom stereocenters. The van der Waals surface area contributed by atoms with Crippen LogP contribution in [0.4, 0.5) is 0 Å². The fraction of sp³-hybridized carbons (Fsp3) is 0.300. The second-order valence-corrected chi connectivity index (χ2v) is 2.17. The standard InChI is InChI=1S/C10H14O2/c1-3-5-6-7-8-10(11)12-9-4-2/h3-6H,1-2,7-9H2. The van der Waals surface area contributed by atoms with Crippen molar-refractivity contribution in [3.8, 4) is 0 Å². The average Bonchev–Trinajstić information content (AvgIpc) is 2.09. The number of allylic oxidation sites excluding steroid dienone is 3. The van der Waals surface area contributed by atoms with E-state index in [9.17, 15) is 4.79 Å². The molecule has 0 aromatic rings. The van der Waals surface area contributed by atoms with Crippen LogP contribution in [-0.4, -0.2) is 12.6 Å². The van der Waals surface area contributed by atoms with E-state index >= 15 is 0 Å². The van der Waals surface area contributed by atoms with E-state index in [0.717, 1.165) is 0 Å². The Bertz CT molecular complexity index is 180. The number of carbonyl (C=O) groups is 1. The van der Waals surface area contributed by atoms with Gasteiger partial charge in [-0.25, -0.2) is 0 Å². The number of esters is 1. The predicted molar refractivity (Wildman–Crippen MR) is 49.7 cm³/mol. The normalized spacial score (nSPS) is 9.67. The summed E-state index contributed by atoms with van der Waals surface area (Å²) in [7, 11) is 0. The third-order valence-electron chi connectivity index (χ3n) is 1.15. The van der Waals surface area contributed by atoms with Gasteiger partial charge in [0.2, 0.25) is 0 Å². The van der Waals surface area contributed by atoms with E-state index < -0.39 is 0 Å². The Hall–Kier alpha value is -1.31. The molecule has 0 aliphatic carbocycles. The fourth-order valence-electron chi connectivity index (χ4n) is 0.618. The van der Waals surface area contributed by atoms with Crippen molar-refractivity contribution in [2.45, 2.75) is 12.8 Å². The Kier molecular flexibility index (Phi) is 6.94. The van der Waals surface area contributed by atoms with Gasteiger partial charge in [-0.3, -0.25) is 4.79 Å². The Morgan fingerprint density at radius 2 is 2.17 bits per heavy atom. The summed E-state index contributed by atoms with van der Waals surface area (Å²) in [5.41, 5.74) is 0. The first-order valence-electron chi connectivity index (χ1n) is 3.85. The van der Waals surface area contributed by atoms with Crippen LogP contribution in [0.3, 0.4) is 0 Å². The molecule has 0 aliphatic rings. The lowest BCUT2D eigenvalue weighted by atomic mass is 10.3. The Morgan fingerprint density at radius 3 is 2.75 bits per heavy atom. The van der Waals surface area contributed by atoms with Crippen molar-refractivity contribution in [2.75, 3.05) is 6.61 Å². The van der Waals surface area contributed by atoms with Gasteiger partial charge in [0, 0.05) is 6.42 Å². The molecule has 0 aromatic heterocycles. The van der Waals surface area contributed by atoms with Crippen LogP contribution in [0.1, 0.15) is 12.8 Å². The minimum absolute atomic E-state index is 0.191. The zero-order chi connectivity index (χ0) is 9.23. The second-order valence-electron chi connectivity index (χ2n) is 2.17. The second kappa shape index (κ2) is 7.79. The maximum absolute atomic E-state index is 10.8. The highest BCUT2D eigenvalue weighted by Crippen LogP contribution is 1.94. The molecule has 0 fully saturated rings. The third kappa shape index (κ3) is 6.81. The van der Waals surface area contributed by atoms with Gasteiger partial charge in [-0.05, 0) is 6.42 Å². The Balaban J connectivity index is 3.36. The van der Waals surface area contributed by atoms with Crippen molar-refractivity contribution in [3.05, 3.63) is 37.5 Å². The van der Waals surface area contributed by atoms with Crippen LogP contribution in [-0.2, 0) is 9.53 Å². The first-order valence-corrected chi connectivity index (χ1v) is 3.85. The summed E-state index contributed by atoms with van der Waals surface area (Å²) in [6.45, 7) is 7.24. The van der Waals surface area contributed by atoms with Gasteiger partial charge >= 0.3 is 5.97 Å². The van der Waals surface area contributed by atoms with Gasteiger partial charge in [0.1, 0.15) is 6.61 Å². The van der Waals surface area contributed by atoms with E-state index in [1.807, 2.05) is 6.08 Å². The number of hydrogen-bond acceptors (Lipinski definition) is 2. The number of hydrogen-bond donors (Lipinski definition) is 0. The molecule has 0 atom stereocenters. The molecule has 0 heterocycles. The smallest absolute Gasteiger partial charge is 0.306 e. The van der Waals surface area contributed by atoms with Crippen molar-refractivity contribution < 1.29 is 9.53 Å². The molecule has 0 radical (unpaired) electrons. The molecule has 0 saturated heterocycles. The maximum atomic E-state index is 10.8. The fourth-order valence-corrected chi connectivity index (χ4v) is 0.618. The van der Waals surface area contributed by atoms with E-state index in [4.69, 9.17) is 4.74 Å². The largest absolute Gasteiger partial charge is 0.461 e. The van der Waals surface area contributed by atoms with Crippen LogP contribution < -0.4 is 0 Å². The first kappa shape index (κ1) is 10.7. The quantitative estimate of drug-likeness (QED) is 0.343. The minimum Gasteiger partial charge on any atom is -0.461 e. The lowest BCUT2D eigenvalue weighted by Gasteiger charge is -1.98. The van der Waals surface area contributed by atoms with Gasteiger partial charge in [0.25, 0.3) is 0 Å². The summed E-state index contributed by atoms with van der Waals surface area (Å²) in [6, 6.07) is 0. The molecule has 0 saturated carbocycles. The molecule has 0 aliphatic heterocycles. The van der Waals surface area contributed by atoms with Crippen LogP contribution >= 0.6 is 0 Å². The number of carbonyl (C=O) groups excluding carboxylic acids is 1. The molecule has 0 aromatic carbocycles. The van der Waals surface area contributed by atoms with Crippen molar-refractivity contribution in [3.63, 3.8) is 0 Å². The molecule has 2 nitrogen and oxygen atoms in total. The highest BCUT2D eigenvalue weighted by atomic mass is 16.5. The van der Waals surface area contributed by atoms with Gasteiger partial charge in [-0.2, -0.15) is 0 Å². The third-order valence-corrected chi connectivity index (χ3v) is 1.15. The van der Waals surface area contributed by atoms with Gasteiger partial charge < -0.3 is 4.74 Å². The molecule has 12 heavy (non-hydrogen) atoms. The molecule has 2 heteroatoms. The van der Waals surface area contributed by atoms with Crippen LogP contribution in [0.2, 0.25) is 0 Å². The average molecular weight is 166 g/mol. The van der Waals surface area contributed by atoms with Crippen LogP contribution in [0.5, 0.6) is 0 Å². The van der Waals surface area contributed by atoms with Crippen molar-refractivity contribution in [2.24, 2.45) is 0 Å². The lowest BCUT2D eigenvalue weighted by Crippen LogP contribution is -2.02. The maximum Gasteiger partial charge on any atom is 0.306 e. The van der Waals surface area contributed by atoms with E-state index in [0.29, 0.717) is 19.4 Å². The van der Waals surface area contributed by atoms with Crippen LogP contribution in [0, 0.1) is 0 Å². The Morgan fingerprint density at radius 1 is 1.42 bits per heavy atom. The molecular formula is C10H14O2. The minimum atomic E-state index is -0.191. The van der Waals surface area contributed by atoms with E-state index in [2.05, 4.69) is 13.2 Å². The van der Waals surface area contributed by atoms with Crippen LogP contribution in [0.25, 0.3) is 0 Å². The summed E-state index contributed by atoms with van der Waals surface area (Å²) in [5, 5.41) is 0. The zero-order valence-electron chi connectivity index (χ0n) is 7.16. The zero-order valence-corrected chi connectivity index (χ0v) is 7.16. The highest BCUT2D eigenvalue weighted by molar-refractivity contribution is 5.69. The van der Waals surface area contributed by atoms with E-state index in [1.54, 1.807) is 18.2 Å². The monoisotopic (exact) mass is 166 g/mol. The summed E-state index contributed by atoms with van der Waals surface area (Å²) < 4.78 is 4.75. The van der Waals surface area contributed by atoms with Gasteiger partial charge in [-0.15, -0.1) is 0 Å². The molecule has 0 spiro atoms. The SMILES string of the molecule is C=CC=CCCC(=O)OCC=C. The topological polar surface area (TPSA) is 26.3 Å². The summed E-state index contributed by atoms with van der Waals surface area (Å²) in [4.78, 5) is 10.8. The van der Waals surface area contributed by atoms with Crippen LogP contribution in [0.15, 0.2) is 37.5 Å². The number of ether oxygens (including phenoxy) is 1. The summed E-state index contributed by atoms with van der Waals surface area (Å²) in [6.07, 6.45) is 8.02. The van der Waals surface area contributed by atoms with Gasteiger partial charge in [0.15, 0.2) is 0 Å². The van der Waals surface area contributed by atoms with E-state index in [-0.39, 0.29) is 5.97 Å². The van der Waals surface area contributed by atoms with Gasteiger partial charge in [0.05, 0.1) is 0 Å². The summed E-state index contributed by atoms with van der Waals surface area (Å²) in [5.74, 6) is -0.191. The summed E-state index contributed by atoms with van der Waals surface area (Å²) >= 11 is 0. The Labute approximate surface area is 73.2 Å². The molecule has 0 amide bonds. The molecule has 0 bridgehead atoms. The number of rotatable bonds is 6. The highest BCUT2D eigenvalue weighted by Gasteiger charge is 1.97. The first-order chi connectivity index (χ1) is 5.81. The molecule has 0 rings (SSSR count). The van der Waals surface area contributed by atoms with Gasteiger partial charge in [-0.1, -0.05) is 37.5 Å². The molecule has 66 valence electrons. The van der Waals surface area contributed by atoms with E-state index in [1.165, 1.54) is 0 Å².